The quantitative estimate of drug-likeness (QED) is 0.615. The van der Waals surface area contributed by atoms with Gasteiger partial charge >= 0.3 is 0 Å². The standard InChI is InChI=1S/C14H26N6O/c1-5-21-9-13-16-12(18-15)6-14(17-13)20-7-10(2)19(4)11(3)8-20/h6,10-11H,5,7-9,15H2,1-4H3,(H,16,17,18). The van der Waals surface area contributed by atoms with E-state index < -0.39 is 0 Å². The van der Waals surface area contributed by atoms with Gasteiger partial charge in [-0.3, -0.25) is 4.90 Å². The summed E-state index contributed by atoms with van der Waals surface area (Å²) in [6.07, 6.45) is 0. The van der Waals surface area contributed by atoms with Crippen molar-refractivity contribution in [3.63, 3.8) is 0 Å². The largest absolute Gasteiger partial charge is 0.374 e. The van der Waals surface area contributed by atoms with Crippen LogP contribution in [0.15, 0.2) is 6.07 Å². The van der Waals surface area contributed by atoms with Crippen LogP contribution in [0.5, 0.6) is 0 Å². The second kappa shape index (κ2) is 7.02. The first-order valence-corrected chi connectivity index (χ1v) is 7.44. The zero-order valence-corrected chi connectivity index (χ0v) is 13.3. The Morgan fingerprint density at radius 3 is 2.57 bits per heavy atom. The lowest BCUT2D eigenvalue weighted by Gasteiger charge is -2.43. The molecule has 0 saturated carbocycles. The van der Waals surface area contributed by atoms with E-state index in [4.69, 9.17) is 10.6 Å². The summed E-state index contributed by atoms with van der Waals surface area (Å²) in [6.45, 7) is 9.33. The number of rotatable bonds is 5. The maximum Gasteiger partial charge on any atom is 0.158 e. The number of likely N-dealkylation sites (N-methyl/N-ethyl adjacent to an activating group) is 1. The molecule has 0 spiro atoms. The number of ether oxygens (including phenoxy) is 1. The highest BCUT2D eigenvalue weighted by Gasteiger charge is 2.27. The van der Waals surface area contributed by atoms with E-state index in [-0.39, 0.29) is 0 Å². The van der Waals surface area contributed by atoms with Crippen LogP contribution in [0.2, 0.25) is 0 Å². The Kier molecular flexibility index (Phi) is 5.33. The van der Waals surface area contributed by atoms with Crippen molar-refractivity contribution in [2.75, 3.05) is 37.1 Å². The Hall–Kier alpha value is -1.44. The molecule has 21 heavy (non-hydrogen) atoms. The number of hydrazine groups is 1. The number of nitrogens with one attached hydrogen (secondary N) is 1. The van der Waals surface area contributed by atoms with E-state index in [1.165, 1.54) is 0 Å². The third kappa shape index (κ3) is 3.81. The molecule has 3 N–H and O–H groups in total. The molecule has 118 valence electrons. The van der Waals surface area contributed by atoms with Crippen LogP contribution in [0.25, 0.3) is 0 Å². The first-order chi connectivity index (χ1) is 10.0. The molecule has 1 aromatic heterocycles. The molecule has 1 aromatic rings. The minimum atomic E-state index is 0.401. The Morgan fingerprint density at radius 2 is 2.00 bits per heavy atom. The van der Waals surface area contributed by atoms with Crippen LogP contribution in [0, 0.1) is 0 Å². The van der Waals surface area contributed by atoms with E-state index in [1.54, 1.807) is 0 Å². The smallest absolute Gasteiger partial charge is 0.158 e. The highest BCUT2D eigenvalue weighted by Crippen LogP contribution is 2.22. The summed E-state index contributed by atoms with van der Waals surface area (Å²) in [6, 6.07) is 2.85. The van der Waals surface area contributed by atoms with Crippen LogP contribution in [0.4, 0.5) is 11.6 Å². The molecule has 2 heterocycles. The first kappa shape index (κ1) is 15.9. The lowest BCUT2D eigenvalue weighted by Crippen LogP contribution is -2.55. The van der Waals surface area contributed by atoms with E-state index in [2.05, 4.69) is 46.1 Å². The molecular weight excluding hydrogens is 268 g/mol. The Morgan fingerprint density at radius 1 is 1.33 bits per heavy atom. The molecule has 1 fully saturated rings. The van der Waals surface area contributed by atoms with Gasteiger partial charge in [-0.2, -0.15) is 0 Å². The number of nitrogens with zero attached hydrogens (tertiary/aromatic N) is 4. The van der Waals surface area contributed by atoms with Gasteiger partial charge in [0.2, 0.25) is 0 Å². The van der Waals surface area contributed by atoms with Crippen molar-refractivity contribution in [2.24, 2.45) is 5.84 Å². The summed E-state index contributed by atoms with van der Waals surface area (Å²) in [7, 11) is 2.17. The van der Waals surface area contributed by atoms with Crippen molar-refractivity contribution in [1.82, 2.24) is 14.9 Å². The van der Waals surface area contributed by atoms with Crippen molar-refractivity contribution in [3.05, 3.63) is 11.9 Å². The number of nitrogens with two attached hydrogens (primary N) is 1. The molecule has 7 nitrogen and oxygen atoms in total. The first-order valence-electron chi connectivity index (χ1n) is 7.44. The zero-order chi connectivity index (χ0) is 15.4. The number of hydrogen-bond acceptors (Lipinski definition) is 7. The minimum Gasteiger partial charge on any atom is -0.374 e. The number of anilines is 2. The minimum absolute atomic E-state index is 0.401. The summed E-state index contributed by atoms with van der Waals surface area (Å²) in [5.41, 5.74) is 2.61. The fourth-order valence-electron chi connectivity index (χ4n) is 2.57. The van der Waals surface area contributed by atoms with Gasteiger partial charge in [0.05, 0.1) is 0 Å². The lowest BCUT2D eigenvalue weighted by atomic mass is 10.1. The van der Waals surface area contributed by atoms with Gasteiger partial charge in [-0.15, -0.1) is 0 Å². The highest BCUT2D eigenvalue weighted by atomic mass is 16.5. The average Bonchev–Trinajstić information content (AvgIpc) is 2.49. The highest BCUT2D eigenvalue weighted by molar-refractivity contribution is 5.49. The van der Waals surface area contributed by atoms with Gasteiger partial charge in [-0.05, 0) is 27.8 Å². The molecule has 1 aliphatic heterocycles. The molecule has 0 aromatic carbocycles. The van der Waals surface area contributed by atoms with Crippen molar-refractivity contribution in [3.8, 4) is 0 Å². The van der Waals surface area contributed by atoms with Crippen molar-refractivity contribution in [2.45, 2.75) is 39.5 Å². The fraction of sp³-hybridized carbons (Fsp3) is 0.714. The molecular formula is C14H26N6O. The predicted octanol–water partition coefficient (Wildman–Crippen LogP) is 0.828. The average molecular weight is 294 g/mol. The molecule has 0 bridgehead atoms. The summed E-state index contributed by atoms with van der Waals surface area (Å²) in [4.78, 5) is 13.6. The van der Waals surface area contributed by atoms with Crippen LogP contribution in [-0.2, 0) is 11.3 Å². The van der Waals surface area contributed by atoms with Crippen LogP contribution in [0.3, 0.4) is 0 Å². The monoisotopic (exact) mass is 294 g/mol. The van der Waals surface area contributed by atoms with Gasteiger partial charge in [0.15, 0.2) is 5.82 Å². The van der Waals surface area contributed by atoms with Gasteiger partial charge < -0.3 is 15.1 Å². The van der Waals surface area contributed by atoms with Gasteiger partial charge in [0, 0.05) is 37.8 Å². The number of aromatic nitrogens is 2. The van der Waals surface area contributed by atoms with Gasteiger partial charge in [-0.25, -0.2) is 15.8 Å². The second-order valence-electron chi connectivity index (χ2n) is 5.58. The van der Waals surface area contributed by atoms with Crippen LogP contribution >= 0.6 is 0 Å². The SMILES string of the molecule is CCOCc1nc(NN)cc(N2CC(C)N(C)C(C)C2)n1. The Labute approximate surface area is 126 Å². The summed E-state index contributed by atoms with van der Waals surface area (Å²) in [5, 5.41) is 0. The number of piperazine rings is 1. The lowest BCUT2D eigenvalue weighted by molar-refractivity contribution is 0.128. The van der Waals surface area contributed by atoms with E-state index >= 15 is 0 Å². The molecule has 2 atom stereocenters. The third-order valence-corrected chi connectivity index (χ3v) is 4.03. The van der Waals surface area contributed by atoms with Gasteiger partial charge in [0.1, 0.15) is 18.2 Å². The van der Waals surface area contributed by atoms with E-state index in [0.29, 0.717) is 36.9 Å². The molecule has 1 aliphatic rings. The van der Waals surface area contributed by atoms with Gasteiger partial charge in [0.25, 0.3) is 0 Å². The Balaban J connectivity index is 2.21. The topological polar surface area (TPSA) is 79.5 Å². The number of hydrogen-bond donors (Lipinski definition) is 2. The van der Waals surface area contributed by atoms with E-state index in [1.807, 2.05) is 13.0 Å². The molecule has 1 saturated heterocycles. The molecule has 0 aliphatic carbocycles. The summed E-state index contributed by atoms with van der Waals surface area (Å²) >= 11 is 0. The third-order valence-electron chi connectivity index (χ3n) is 4.03. The molecule has 2 unspecified atom stereocenters. The molecule has 0 radical (unpaired) electrons. The maximum atomic E-state index is 5.51. The fourth-order valence-corrected chi connectivity index (χ4v) is 2.57. The van der Waals surface area contributed by atoms with Crippen LogP contribution < -0.4 is 16.2 Å². The zero-order valence-electron chi connectivity index (χ0n) is 13.3. The van der Waals surface area contributed by atoms with Crippen molar-refractivity contribution >= 4 is 11.6 Å². The maximum absolute atomic E-state index is 5.51. The van der Waals surface area contributed by atoms with Crippen molar-refractivity contribution < 1.29 is 4.74 Å². The molecule has 0 amide bonds. The van der Waals surface area contributed by atoms with E-state index in [0.717, 1.165) is 18.9 Å². The van der Waals surface area contributed by atoms with Crippen LogP contribution in [0.1, 0.15) is 26.6 Å². The second-order valence-corrected chi connectivity index (χ2v) is 5.58. The van der Waals surface area contributed by atoms with E-state index in [9.17, 15) is 0 Å². The number of nitrogen functional groups attached to an aromatic ring is 1. The molecule has 7 heteroatoms. The normalized spacial score (nSPS) is 23.4. The van der Waals surface area contributed by atoms with Crippen LogP contribution in [-0.4, -0.2) is 53.7 Å². The molecule has 2 rings (SSSR count). The summed E-state index contributed by atoms with van der Waals surface area (Å²) in [5.74, 6) is 7.69. The van der Waals surface area contributed by atoms with Crippen molar-refractivity contribution in [1.29, 1.82) is 0 Å². The van der Waals surface area contributed by atoms with Gasteiger partial charge in [-0.1, -0.05) is 0 Å². The summed E-state index contributed by atoms with van der Waals surface area (Å²) < 4.78 is 5.40. The predicted molar refractivity (Wildman–Crippen MR) is 84.1 cm³/mol. The Bertz CT molecular complexity index is 457.